The van der Waals surface area contributed by atoms with Crippen molar-refractivity contribution in [1.29, 1.82) is 0 Å². The molecule has 0 radical (unpaired) electrons. The van der Waals surface area contributed by atoms with Gasteiger partial charge in [0.05, 0.1) is 12.2 Å². The Morgan fingerprint density at radius 1 is 1.15 bits per heavy atom. The topological polar surface area (TPSA) is 64.2 Å². The number of aromatic nitrogens is 2. The fourth-order valence-corrected chi connectivity index (χ4v) is 5.25. The van der Waals surface area contributed by atoms with Gasteiger partial charge in [-0.1, -0.05) is 6.42 Å². The third-order valence-corrected chi connectivity index (χ3v) is 6.58. The second-order valence-electron chi connectivity index (χ2n) is 8.27. The molecule has 1 aliphatic heterocycles. The van der Waals surface area contributed by atoms with E-state index in [9.17, 15) is 4.79 Å². The molecule has 1 aromatic rings. The van der Waals surface area contributed by atoms with Crippen LogP contribution in [0.25, 0.3) is 0 Å². The summed E-state index contributed by atoms with van der Waals surface area (Å²) < 4.78 is 2.06. The zero-order valence-electron chi connectivity index (χ0n) is 15.5. The van der Waals surface area contributed by atoms with Gasteiger partial charge in [-0.05, 0) is 62.8 Å². The highest BCUT2D eigenvalue weighted by molar-refractivity contribution is 5.85. The van der Waals surface area contributed by atoms with Crippen LogP contribution < -0.4 is 5.73 Å². The molecule has 148 valence electrons. The molecule has 7 heteroatoms. The number of carbonyl (C=O) groups is 1. The minimum Gasteiger partial charge on any atom is -0.340 e. The molecular formula is C19H32Cl2N4O. The van der Waals surface area contributed by atoms with Gasteiger partial charge in [0, 0.05) is 31.2 Å². The van der Waals surface area contributed by atoms with E-state index < -0.39 is 0 Å². The van der Waals surface area contributed by atoms with Gasteiger partial charge < -0.3 is 10.6 Å². The standard InChI is InChI=1S/C19H30N4O.2ClH/c1-13-10-21-23(11-13)17-6-3-7-22(12-17)19(24)16-8-14-4-2-5-15(9-16)18(14)20;;/h10-11,14-18H,2-9,12,20H2,1H3;2*1H. The summed E-state index contributed by atoms with van der Waals surface area (Å²) in [5.41, 5.74) is 7.58. The number of nitrogens with zero attached hydrogens (tertiary/aromatic N) is 3. The number of halogens is 2. The highest BCUT2D eigenvalue weighted by Gasteiger charge is 2.42. The molecule has 0 spiro atoms. The fraction of sp³-hybridized carbons (Fsp3) is 0.789. The van der Waals surface area contributed by atoms with Crippen molar-refractivity contribution >= 4 is 30.7 Å². The first-order valence-electron chi connectivity index (χ1n) is 9.67. The smallest absolute Gasteiger partial charge is 0.225 e. The zero-order valence-corrected chi connectivity index (χ0v) is 17.2. The largest absolute Gasteiger partial charge is 0.340 e. The van der Waals surface area contributed by atoms with Crippen molar-refractivity contribution < 1.29 is 4.79 Å². The van der Waals surface area contributed by atoms with Crippen molar-refractivity contribution in [2.24, 2.45) is 23.5 Å². The third kappa shape index (κ3) is 4.20. The molecule has 3 aliphatic rings. The third-order valence-electron chi connectivity index (χ3n) is 6.58. The van der Waals surface area contributed by atoms with Gasteiger partial charge in [-0.2, -0.15) is 5.10 Å². The summed E-state index contributed by atoms with van der Waals surface area (Å²) in [7, 11) is 0. The number of amides is 1. The SMILES string of the molecule is Cc1cnn(C2CCCN(C(=O)C3CC4CCCC(C3)C4N)C2)c1.Cl.Cl. The summed E-state index contributed by atoms with van der Waals surface area (Å²) in [5, 5.41) is 4.46. The van der Waals surface area contributed by atoms with Gasteiger partial charge in [-0.15, -0.1) is 24.8 Å². The van der Waals surface area contributed by atoms with Crippen molar-refractivity contribution in [2.45, 2.75) is 64.0 Å². The van der Waals surface area contributed by atoms with E-state index in [-0.39, 0.29) is 30.7 Å². The molecule has 1 aromatic heterocycles. The minimum atomic E-state index is 0. The van der Waals surface area contributed by atoms with Crippen LogP contribution in [0.4, 0.5) is 0 Å². The Bertz CT molecular complexity index is 594. The number of hydrogen-bond acceptors (Lipinski definition) is 3. The first kappa shape index (κ1) is 21.5. The summed E-state index contributed by atoms with van der Waals surface area (Å²) in [6.45, 7) is 3.80. The van der Waals surface area contributed by atoms with Crippen molar-refractivity contribution in [2.75, 3.05) is 13.1 Å². The molecule has 1 amide bonds. The first-order valence-corrected chi connectivity index (χ1v) is 9.67. The monoisotopic (exact) mass is 402 g/mol. The summed E-state index contributed by atoms with van der Waals surface area (Å²) in [6.07, 6.45) is 12.0. The molecule has 2 N–H and O–H groups in total. The van der Waals surface area contributed by atoms with E-state index in [4.69, 9.17) is 5.73 Å². The molecule has 1 saturated heterocycles. The van der Waals surface area contributed by atoms with Crippen LogP contribution >= 0.6 is 24.8 Å². The van der Waals surface area contributed by atoms with E-state index >= 15 is 0 Å². The Morgan fingerprint density at radius 2 is 1.85 bits per heavy atom. The molecule has 3 atom stereocenters. The predicted octanol–water partition coefficient (Wildman–Crippen LogP) is 3.35. The summed E-state index contributed by atoms with van der Waals surface area (Å²) in [4.78, 5) is 15.2. The number of rotatable bonds is 2. The lowest BCUT2D eigenvalue weighted by atomic mass is 9.65. The van der Waals surface area contributed by atoms with E-state index in [2.05, 4.69) is 27.8 Å². The lowest BCUT2D eigenvalue weighted by molar-refractivity contribution is -0.140. The summed E-state index contributed by atoms with van der Waals surface area (Å²) >= 11 is 0. The van der Waals surface area contributed by atoms with Gasteiger partial charge in [0.15, 0.2) is 0 Å². The molecule has 2 bridgehead atoms. The lowest BCUT2D eigenvalue weighted by Crippen LogP contribution is -2.51. The average Bonchev–Trinajstić information content (AvgIpc) is 3.01. The van der Waals surface area contributed by atoms with Gasteiger partial charge in [0.25, 0.3) is 0 Å². The summed E-state index contributed by atoms with van der Waals surface area (Å²) in [6, 6.07) is 0.672. The molecule has 3 fully saturated rings. The van der Waals surface area contributed by atoms with E-state index in [1.54, 1.807) is 0 Å². The van der Waals surface area contributed by atoms with Crippen LogP contribution in [-0.2, 0) is 4.79 Å². The van der Waals surface area contributed by atoms with E-state index in [1.165, 1.54) is 24.8 Å². The Labute approximate surface area is 168 Å². The van der Waals surface area contributed by atoms with Crippen LogP contribution in [0.3, 0.4) is 0 Å². The number of likely N-dealkylation sites (tertiary alicyclic amines) is 1. The van der Waals surface area contributed by atoms with E-state index in [0.717, 1.165) is 38.8 Å². The van der Waals surface area contributed by atoms with E-state index in [0.29, 0.717) is 29.8 Å². The fourth-order valence-electron chi connectivity index (χ4n) is 5.25. The number of piperidine rings is 1. The minimum absolute atomic E-state index is 0. The van der Waals surface area contributed by atoms with E-state index in [1.807, 2.05) is 6.20 Å². The lowest BCUT2D eigenvalue weighted by Gasteiger charge is -2.45. The normalized spacial score (nSPS) is 33.8. The van der Waals surface area contributed by atoms with Crippen LogP contribution in [0.5, 0.6) is 0 Å². The Hall–Kier alpha value is -0.780. The maximum Gasteiger partial charge on any atom is 0.225 e. The first-order chi connectivity index (χ1) is 11.6. The molecule has 4 rings (SSSR count). The second kappa shape index (κ2) is 8.94. The highest BCUT2D eigenvalue weighted by Crippen LogP contribution is 2.42. The molecular weight excluding hydrogens is 371 g/mol. The van der Waals surface area contributed by atoms with Crippen LogP contribution in [-0.4, -0.2) is 39.7 Å². The molecule has 2 saturated carbocycles. The predicted molar refractivity (Wildman–Crippen MR) is 108 cm³/mol. The number of carbonyl (C=O) groups excluding carboxylic acids is 1. The molecule has 26 heavy (non-hydrogen) atoms. The van der Waals surface area contributed by atoms with Crippen LogP contribution in [0, 0.1) is 24.7 Å². The second-order valence-corrected chi connectivity index (χ2v) is 8.27. The van der Waals surface area contributed by atoms with Gasteiger partial charge in [-0.25, -0.2) is 0 Å². The summed E-state index contributed by atoms with van der Waals surface area (Å²) in [5.74, 6) is 1.73. The molecule has 2 aliphatic carbocycles. The Kier molecular flexibility index (Phi) is 7.40. The van der Waals surface area contributed by atoms with Crippen molar-refractivity contribution in [3.05, 3.63) is 18.0 Å². The quantitative estimate of drug-likeness (QED) is 0.824. The molecule has 2 heterocycles. The van der Waals surface area contributed by atoms with Crippen molar-refractivity contribution in [1.82, 2.24) is 14.7 Å². The molecule has 5 nitrogen and oxygen atoms in total. The maximum absolute atomic E-state index is 13.1. The molecule has 3 unspecified atom stereocenters. The Morgan fingerprint density at radius 3 is 2.46 bits per heavy atom. The van der Waals surface area contributed by atoms with Crippen molar-refractivity contribution in [3.63, 3.8) is 0 Å². The number of fused-ring (bicyclic) bond motifs is 2. The average molecular weight is 403 g/mol. The van der Waals surface area contributed by atoms with Crippen LogP contribution in [0.2, 0.25) is 0 Å². The van der Waals surface area contributed by atoms with Crippen LogP contribution in [0.1, 0.15) is 56.6 Å². The Balaban J connectivity index is 0.00000121. The number of nitrogens with two attached hydrogens (primary N) is 1. The maximum atomic E-state index is 13.1. The van der Waals surface area contributed by atoms with Crippen LogP contribution in [0.15, 0.2) is 12.4 Å². The van der Waals surface area contributed by atoms with Gasteiger partial charge in [0.2, 0.25) is 5.91 Å². The number of hydrogen-bond donors (Lipinski definition) is 1. The highest BCUT2D eigenvalue weighted by atomic mass is 35.5. The van der Waals surface area contributed by atoms with Gasteiger partial charge in [-0.3, -0.25) is 9.48 Å². The zero-order chi connectivity index (χ0) is 16.7. The number of aryl methyl sites for hydroxylation is 1. The molecule has 0 aromatic carbocycles. The van der Waals surface area contributed by atoms with Gasteiger partial charge in [0.1, 0.15) is 0 Å². The van der Waals surface area contributed by atoms with Gasteiger partial charge >= 0.3 is 0 Å². The van der Waals surface area contributed by atoms with Crippen molar-refractivity contribution in [3.8, 4) is 0 Å².